The van der Waals surface area contributed by atoms with Crippen LogP contribution in [-0.2, 0) is 5.75 Å². The Bertz CT molecular complexity index is 741. The molecule has 6 heteroatoms. The lowest BCUT2D eigenvalue weighted by Gasteiger charge is -2.30. The average Bonchev–Trinajstić information content (AvgIpc) is 2.59. The van der Waals surface area contributed by atoms with E-state index in [1.165, 1.54) is 0 Å². The number of aromatic nitrogens is 1. The van der Waals surface area contributed by atoms with Crippen LogP contribution >= 0.6 is 35.0 Å². The lowest BCUT2D eigenvalue weighted by molar-refractivity contribution is 0.0691. The van der Waals surface area contributed by atoms with Crippen LogP contribution in [0.15, 0.2) is 41.3 Å². The van der Waals surface area contributed by atoms with Gasteiger partial charge in [-0.2, -0.15) is 0 Å². The number of nitrogens with zero attached hydrogens (tertiary/aromatic N) is 2. The predicted molar refractivity (Wildman–Crippen MR) is 105 cm³/mol. The Balaban J connectivity index is 1.65. The number of amides is 1. The van der Waals surface area contributed by atoms with Crippen LogP contribution in [0, 0.1) is 5.92 Å². The molecule has 0 aliphatic carbocycles. The lowest BCUT2D eigenvalue weighted by atomic mass is 9.99. The molecule has 2 aromatic rings. The number of thioether (sulfide) groups is 1. The highest BCUT2D eigenvalue weighted by molar-refractivity contribution is 7.98. The van der Waals surface area contributed by atoms with Crippen LogP contribution in [0.4, 0.5) is 0 Å². The van der Waals surface area contributed by atoms with Gasteiger partial charge in [0.2, 0.25) is 0 Å². The van der Waals surface area contributed by atoms with E-state index in [2.05, 4.69) is 11.9 Å². The van der Waals surface area contributed by atoms with E-state index in [9.17, 15) is 4.79 Å². The molecule has 1 aromatic carbocycles. The van der Waals surface area contributed by atoms with Crippen LogP contribution in [0.25, 0.3) is 0 Å². The predicted octanol–water partition coefficient (Wildman–Crippen LogP) is 5.55. The van der Waals surface area contributed by atoms with Crippen molar-refractivity contribution < 1.29 is 4.79 Å². The molecule has 1 aliphatic heterocycles. The Kier molecular flexibility index (Phi) is 6.26. The zero-order valence-corrected chi connectivity index (χ0v) is 16.4. The summed E-state index contributed by atoms with van der Waals surface area (Å²) in [5.41, 5.74) is 1.40. The quantitative estimate of drug-likeness (QED) is 0.636. The zero-order chi connectivity index (χ0) is 17.8. The van der Waals surface area contributed by atoms with Crippen molar-refractivity contribution in [2.45, 2.75) is 30.4 Å². The van der Waals surface area contributed by atoms with Gasteiger partial charge in [0.25, 0.3) is 5.91 Å². The van der Waals surface area contributed by atoms with Crippen molar-refractivity contribution in [3.8, 4) is 0 Å². The van der Waals surface area contributed by atoms with Crippen molar-refractivity contribution in [1.82, 2.24) is 9.88 Å². The maximum Gasteiger partial charge on any atom is 0.272 e. The maximum atomic E-state index is 12.6. The molecule has 0 radical (unpaired) electrons. The topological polar surface area (TPSA) is 33.2 Å². The molecule has 1 aliphatic rings. The number of carbonyl (C=O) groups is 1. The molecular weight excluding hydrogens is 375 g/mol. The summed E-state index contributed by atoms with van der Waals surface area (Å²) in [5.74, 6) is 1.39. The summed E-state index contributed by atoms with van der Waals surface area (Å²) in [6.45, 7) is 3.88. The standard InChI is InChI=1S/C19H20Cl2N2OS/c1-13-5-7-23(8-6-13)19(24)18-4-2-3-16(22-18)12-25-17-10-14(20)9-15(21)11-17/h2-4,9-11,13H,5-8,12H2,1H3. The average molecular weight is 395 g/mol. The van der Waals surface area contributed by atoms with Crippen LogP contribution in [0.5, 0.6) is 0 Å². The van der Waals surface area contributed by atoms with Crippen LogP contribution < -0.4 is 0 Å². The number of halogens is 2. The van der Waals surface area contributed by atoms with Crippen molar-refractivity contribution in [2.24, 2.45) is 5.92 Å². The third kappa shape index (κ3) is 5.13. The summed E-state index contributed by atoms with van der Waals surface area (Å²) in [4.78, 5) is 20.1. The molecule has 0 spiro atoms. The zero-order valence-electron chi connectivity index (χ0n) is 14.0. The van der Waals surface area contributed by atoms with Gasteiger partial charge >= 0.3 is 0 Å². The minimum absolute atomic E-state index is 0.0320. The minimum Gasteiger partial charge on any atom is -0.337 e. The number of hydrogen-bond donors (Lipinski definition) is 0. The first-order chi connectivity index (χ1) is 12.0. The molecular formula is C19H20Cl2N2OS. The fourth-order valence-corrected chi connectivity index (χ4v) is 4.37. The molecule has 1 aromatic heterocycles. The van der Waals surface area contributed by atoms with E-state index < -0.39 is 0 Å². The molecule has 0 saturated carbocycles. The number of carbonyl (C=O) groups excluding carboxylic acids is 1. The molecule has 0 atom stereocenters. The van der Waals surface area contributed by atoms with Gasteiger partial charge in [-0.3, -0.25) is 4.79 Å². The number of piperidine rings is 1. The third-order valence-corrected chi connectivity index (χ3v) is 5.77. The molecule has 0 bridgehead atoms. The van der Waals surface area contributed by atoms with Crippen LogP contribution in [0.3, 0.4) is 0 Å². The molecule has 0 N–H and O–H groups in total. The van der Waals surface area contributed by atoms with Gasteiger partial charge in [0.05, 0.1) is 5.69 Å². The Morgan fingerprint density at radius 3 is 2.56 bits per heavy atom. The summed E-state index contributed by atoms with van der Waals surface area (Å²) in [6.07, 6.45) is 2.13. The highest BCUT2D eigenvalue weighted by Crippen LogP contribution is 2.28. The van der Waals surface area contributed by atoms with Crippen molar-refractivity contribution in [1.29, 1.82) is 0 Å². The van der Waals surface area contributed by atoms with Crippen molar-refractivity contribution in [3.05, 3.63) is 57.8 Å². The van der Waals surface area contributed by atoms with Crippen LogP contribution in [0.2, 0.25) is 10.0 Å². The first-order valence-electron chi connectivity index (χ1n) is 8.35. The molecule has 3 nitrogen and oxygen atoms in total. The first kappa shape index (κ1) is 18.6. The van der Waals surface area contributed by atoms with E-state index >= 15 is 0 Å². The molecule has 1 saturated heterocycles. The second kappa shape index (κ2) is 8.43. The van der Waals surface area contributed by atoms with Gasteiger partial charge in [0, 0.05) is 33.8 Å². The monoisotopic (exact) mass is 394 g/mol. The maximum absolute atomic E-state index is 12.6. The molecule has 0 unspecified atom stereocenters. The van der Waals surface area contributed by atoms with Crippen molar-refractivity contribution >= 4 is 40.9 Å². The summed E-state index contributed by atoms with van der Waals surface area (Å²) in [6, 6.07) is 11.1. The van der Waals surface area contributed by atoms with Crippen molar-refractivity contribution in [2.75, 3.05) is 13.1 Å². The first-order valence-corrected chi connectivity index (χ1v) is 10.1. The van der Waals surface area contributed by atoms with Gasteiger partial charge in [-0.05, 0) is 49.1 Å². The smallest absolute Gasteiger partial charge is 0.272 e. The van der Waals surface area contributed by atoms with E-state index in [-0.39, 0.29) is 5.91 Å². The van der Waals surface area contributed by atoms with Crippen LogP contribution in [-0.4, -0.2) is 28.9 Å². The Morgan fingerprint density at radius 2 is 1.88 bits per heavy atom. The van der Waals surface area contributed by atoms with Gasteiger partial charge in [-0.1, -0.05) is 36.2 Å². The summed E-state index contributed by atoms with van der Waals surface area (Å²) >= 11 is 13.7. The van der Waals surface area contributed by atoms with Gasteiger partial charge in [-0.25, -0.2) is 4.98 Å². The number of hydrogen-bond acceptors (Lipinski definition) is 3. The Hall–Kier alpha value is -1.23. The van der Waals surface area contributed by atoms with Gasteiger partial charge in [0.15, 0.2) is 0 Å². The highest BCUT2D eigenvalue weighted by atomic mass is 35.5. The van der Waals surface area contributed by atoms with Gasteiger partial charge < -0.3 is 4.90 Å². The molecule has 1 amide bonds. The molecule has 132 valence electrons. The summed E-state index contributed by atoms with van der Waals surface area (Å²) < 4.78 is 0. The largest absolute Gasteiger partial charge is 0.337 e. The molecule has 3 rings (SSSR count). The van der Waals surface area contributed by atoms with E-state index in [4.69, 9.17) is 23.2 Å². The van der Waals surface area contributed by atoms with E-state index in [1.54, 1.807) is 23.9 Å². The Labute approximate surface area is 162 Å². The van der Waals surface area contributed by atoms with E-state index in [0.717, 1.165) is 36.5 Å². The minimum atomic E-state index is 0.0320. The fraction of sp³-hybridized carbons (Fsp3) is 0.368. The SMILES string of the molecule is CC1CCN(C(=O)c2cccc(CSc3cc(Cl)cc(Cl)c3)n2)CC1. The number of pyridine rings is 1. The Morgan fingerprint density at radius 1 is 1.20 bits per heavy atom. The molecule has 2 heterocycles. The normalized spacial score (nSPS) is 15.4. The van der Waals surface area contributed by atoms with E-state index in [0.29, 0.717) is 27.4 Å². The van der Waals surface area contributed by atoms with E-state index in [1.807, 2.05) is 29.2 Å². The molecule has 1 fully saturated rings. The summed E-state index contributed by atoms with van der Waals surface area (Å²) in [7, 11) is 0. The second-order valence-corrected chi connectivity index (χ2v) is 8.30. The van der Waals surface area contributed by atoms with Crippen molar-refractivity contribution in [3.63, 3.8) is 0 Å². The summed E-state index contributed by atoms with van der Waals surface area (Å²) in [5, 5.41) is 1.23. The number of rotatable bonds is 4. The van der Waals surface area contributed by atoms with Gasteiger partial charge in [0.1, 0.15) is 5.69 Å². The number of benzene rings is 1. The van der Waals surface area contributed by atoms with Gasteiger partial charge in [-0.15, -0.1) is 11.8 Å². The van der Waals surface area contributed by atoms with Crippen LogP contribution in [0.1, 0.15) is 35.9 Å². The lowest BCUT2D eigenvalue weighted by Crippen LogP contribution is -2.38. The second-order valence-electron chi connectivity index (χ2n) is 6.38. The highest BCUT2D eigenvalue weighted by Gasteiger charge is 2.22. The fourth-order valence-electron chi connectivity index (χ4n) is 2.82. The third-order valence-electron chi connectivity index (χ3n) is 4.32. The molecule has 25 heavy (non-hydrogen) atoms. The number of likely N-dealkylation sites (tertiary alicyclic amines) is 1.